The van der Waals surface area contributed by atoms with Gasteiger partial charge in [0, 0.05) is 0 Å². The first kappa shape index (κ1) is 17.5. The molecular weight excluding hydrogens is 339 g/mol. The van der Waals surface area contributed by atoms with Crippen LogP contribution in [0.3, 0.4) is 0 Å². The summed E-state index contributed by atoms with van der Waals surface area (Å²) in [4.78, 5) is 11.7. The first-order chi connectivity index (χ1) is 10.5. The van der Waals surface area contributed by atoms with Crippen molar-refractivity contribution >= 4 is 9.84 Å². The topological polar surface area (TPSA) is 90.4 Å². The third-order valence-corrected chi connectivity index (χ3v) is 4.47. The van der Waals surface area contributed by atoms with Crippen LogP contribution in [0.2, 0.25) is 0 Å². The number of methoxy groups -OCH3 is 1. The molecule has 0 saturated carbocycles. The molecule has 128 valence electrons. The summed E-state index contributed by atoms with van der Waals surface area (Å²) in [7, 11) is -3.04. The van der Waals surface area contributed by atoms with Gasteiger partial charge >= 0.3 is 6.18 Å². The second kappa shape index (κ2) is 5.64. The Bertz CT molecular complexity index is 744. The van der Waals surface area contributed by atoms with Crippen molar-refractivity contribution in [3.63, 3.8) is 0 Å². The van der Waals surface area contributed by atoms with Crippen LogP contribution < -0.4 is 10.2 Å². The maximum atomic E-state index is 13.0. The van der Waals surface area contributed by atoms with Crippen molar-refractivity contribution < 1.29 is 31.2 Å². The SMILES string of the molecule is COc1ncnc(C(F)(F)F)c1CS(=O)(=O)C1=CC(C)(C)ON1. The van der Waals surface area contributed by atoms with E-state index in [0.717, 1.165) is 7.11 Å². The van der Waals surface area contributed by atoms with Crippen LogP contribution in [-0.4, -0.2) is 31.1 Å². The molecule has 1 N–H and O–H groups in total. The van der Waals surface area contributed by atoms with Crippen molar-refractivity contribution in [2.45, 2.75) is 31.4 Å². The molecule has 2 rings (SSSR count). The summed E-state index contributed by atoms with van der Waals surface area (Å²) < 4.78 is 68.6. The highest BCUT2D eigenvalue weighted by Crippen LogP contribution is 2.35. The van der Waals surface area contributed by atoms with Gasteiger partial charge in [-0.05, 0) is 19.9 Å². The molecule has 0 spiro atoms. The molecule has 1 aromatic heterocycles. The highest BCUT2D eigenvalue weighted by atomic mass is 32.2. The summed E-state index contributed by atoms with van der Waals surface area (Å²) in [5.41, 5.74) is -0.695. The molecule has 0 fully saturated rings. The molecule has 0 saturated heterocycles. The lowest BCUT2D eigenvalue weighted by atomic mass is 10.1. The van der Waals surface area contributed by atoms with Crippen molar-refractivity contribution in [2.24, 2.45) is 0 Å². The summed E-state index contributed by atoms with van der Waals surface area (Å²) in [5.74, 6) is -1.43. The molecule has 0 radical (unpaired) electrons. The normalized spacial score (nSPS) is 17.6. The summed E-state index contributed by atoms with van der Waals surface area (Å²) in [5, 5.41) is -0.318. The van der Waals surface area contributed by atoms with Crippen LogP contribution >= 0.6 is 0 Å². The Morgan fingerprint density at radius 3 is 2.48 bits per heavy atom. The number of halogens is 3. The maximum absolute atomic E-state index is 13.0. The number of hydrogen-bond donors (Lipinski definition) is 1. The van der Waals surface area contributed by atoms with Gasteiger partial charge < -0.3 is 4.74 Å². The Morgan fingerprint density at radius 1 is 1.35 bits per heavy atom. The smallest absolute Gasteiger partial charge is 0.433 e. The molecule has 0 aromatic carbocycles. The minimum Gasteiger partial charge on any atom is -0.481 e. The lowest BCUT2D eigenvalue weighted by Crippen LogP contribution is -2.23. The molecule has 2 heterocycles. The molecule has 0 aliphatic carbocycles. The van der Waals surface area contributed by atoms with Gasteiger partial charge in [0.05, 0.1) is 18.4 Å². The van der Waals surface area contributed by atoms with Crippen LogP contribution in [0.1, 0.15) is 25.1 Å². The van der Waals surface area contributed by atoms with E-state index < -0.39 is 44.5 Å². The average Bonchev–Trinajstić information content (AvgIpc) is 2.78. The zero-order valence-electron chi connectivity index (χ0n) is 12.4. The Kier molecular flexibility index (Phi) is 4.28. The standard InChI is InChI=1S/C12H14F3N3O4S/c1-11(2)4-8(18-22-11)23(19,20)5-7-9(12(13,14)15)16-6-17-10(7)21-3/h4,6,18H,5H2,1-3H3. The van der Waals surface area contributed by atoms with Gasteiger partial charge in [-0.25, -0.2) is 18.4 Å². The van der Waals surface area contributed by atoms with E-state index in [2.05, 4.69) is 15.4 Å². The van der Waals surface area contributed by atoms with E-state index in [4.69, 9.17) is 9.57 Å². The Labute approximate surface area is 130 Å². The van der Waals surface area contributed by atoms with Gasteiger partial charge in [-0.1, -0.05) is 0 Å². The number of ether oxygens (including phenoxy) is 1. The van der Waals surface area contributed by atoms with Gasteiger partial charge in [0.15, 0.2) is 20.6 Å². The Hall–Kier alpha value is -1.88. The maximum Gasteiger partial charge on any atom is 0.433 e. The summed E-state index contributed by atoms with van der Waals surface area (Å²) in [6.07, 6.45) is -2.91. The zero-order valence-corrected chi connectivity index (χ0v) is 13.2. The molecule has 23 heavy (non-hydrogen) atoms. The van der Waals surface area contributed by atoms with Gasteiger partial charge in [0.1, 0.15) is 11.9 Å². The number of nitrogens with one attached hydrogen (secondary N) is 1. The number of alkyl halides is 3. The third-order valence-electron chi connectivity index (χ3n) is 2.93. The van der Waals surface area contributed by atoms with Crippen molar-refractivity contribution in [1.29, 1.82) is 0 Å². The molecule has 1 aromatic rings. The van der Waals surface area contributed by atoms with Gasteiger partial charge in [-0.3, -0.25) is 10.3 Å². The summed E-state index contributed by atoms with van der Waals surface area (Å²) in [6, 6.07) is 0. The number of hydrogen-bond acceptors (Lipinski definition) is 7. The fraction of sp³-hybridized carbons (Fsp3) is 0.500. The predicted molar refractivity (Wildman–Crippen MR) is 72.6 cm³/mol. The van der Waals surface area contributed by atoms with Crippen LogP contribution in [0, 0.1) is 0 Å². The first-order valence-corrected chi connectivity index (χ1v) is 7.96. The molecule has 1 aliphatic rings. The fourth-order valence-corrected chi connectivity index (χ4v) is 3.35. The summed E-state index contributed by atoms with van der Waals surface area (Å²) in [6.45, 7) is 3.19. The first-order valence-electron chi connectivity index (χ1n) is 6.31. The molecule has 0 unspecified atom stereocenters. The number of rotatable bonds is 4. The third kappa shape index (κ3) is 3.72. The van der Waals surface area contributed by atoms with Gasteiger partial charge in [0.25, 0.3) is 0 Å². The molecule has 0 bridgehead atoms. The highest BCUT2D eigenvalue weighted by molar-refractivity contribution is 7.94. The second-order valence-corrected chi connectivity index (χ2v) is 7.24. The number of aromatic nitrogens is 2. The minimum absolute atomic E-state index is 0.318. The van der Waals surface area contributed by atoms with E-state index >= 15 is 0 Å². The molecule has 11 heteroatoms. The predicted octanol–water partition coefficient (Wildman–Crippen LogP) is 1.57. The monoisotopic (exact) mass is 353 g/mol. The van der Waals surface area contributed by atoms with Crippen LogP contribution in [0.5, 0.6) is 5.88 Å². The fourth-order valence-electron chi connectivity index (χ4n) is 1.92. The highest BCUT2D eigenvalue weighted by Gasteiger charge is 2.40. The van der Waals surface area contributed by atoms with Gasteiger partial charge in [-0.15, -0.1) is 0 Å². The largest absolute Gasteiger partial charge is 0.481 e. The molecule has 1 aliphatic heterocycles. The lowest BCUT2D eigenvalue weighted by molar-refractivity contribution is -0.141. The van der Waals surface area contributed by atoms with Crippen LogP contribution in [-0.2, 0) is 26.6 Å². The van der Waals surface area contributed by atoms with E-state index in [1.807, 2.05) is 0 Å². The van der Waals surface area contributed by atoms with Gasteiger partial charge in [-0.2, -0.15) is 13.2 Å². The van der Waals surface area contributed by atoms with Crippen molar-refractivity contribution in [3.05, 3.63) is 28.7 Å². The molecule has 0 atom stereocenters. The van der Waals surface area contributed by atoms with Crippen molar-refractivity contribution in [1.82, 2.24) is 15.4 Å². The zero-order chi connectivity index (χ0) is 17.5. The molecule has 7 nitrogen and oxygen atoms in total. The van der Waals surface area contributed by atoms with Crippen LogP contribution in [0.4, 0.5) is 13.2 Å². The van der Waals surface area contributed by atoms with E-state index in [-0.39, 0.29) is 5.03 Å². The van der Waals surface area contributed by atoms with Crippen LogP contribution in [0.25, 0.3) is 0 Å². The summed E-state index contributed by atoms with van der Waals surface area (Å²) >= 11 is 0. The van der Waals surface area contributed by atoms with Gasteiger partial charge in [0.2, 0.25) is 5.88 Å². The number of sulfone groups is 1. The Balaban J connectivity index is 2.48. The van der Waals surface area contributed by atoms with E-state index in [1.54, 1.807) is 13.8 Å². The van der Waals surface area contributed by atoms with Crippen molar-refractivity contribution in [3.8, 4) is 5.88 Å². The van der Waals surface area contributed by atoms with E-state index in [0.29, 0.717) is 6.33 Å². The Morgan fingerprint density at radius 2 is 2.00 bits per heavy atom. The average molecular weight is 353 g/mol. The molecule has 0 amide bonds. The quantitative estimate of drug-likeness (QED) is 0.879. The molecular formula is C12H14F3N3O4S. The van der Waals surface area contributed by atoms with Crippen LogP contribution in [0.15, 0.2) is 17.4 Å². The lowest BCUT2D eigenvalue weighted by Gasteiger charge is -2.14. The minimum atomic E-state index is -4.84. The number of nitrogens with zero attached hydrogens (tertiary/aromatic N) is 2. The van der Waals surface area contributed by atoms with E-state index in [1.165, 1.54) is 6.08 Å². The second-order valence-electron chi connectivity index (χ2n) is 5.28. The number of hydroxylamine groups is 1. The van der Waals surface area contributed by atoms with Crippen molar-refractivity contribution in [2.75, 3.05) is 7.11 Å². The van der Waals surface area contributed by atoms with E-state index in [9.17, 15) is 21.6 Å².